The van der Waals surface area contributed by atoms with Gasteiger partial charge < -0.3 is 9.84 Å². The summed E-state index contributed by atoms with van der Waals surface area (Å²) >= 11 is 1.54. The smallest absolute Gasteiger partial charge is 0.274 e. The number of pyridine rings is 1. The molecule has 122 valence electrons. The minimum atomic E-state index is -0.257. The van der Waals surface area contributed by atoms with E-state index in [1.165, 1.54) is 0 Å². The first-order valence-corrected chi connectivity index (χ1v) is 8.38. The van der Waals surface area contributed by atoms with E-state index in [0.717, 1.165) is 10.4 Å². The summed E-state index contributed by atoms with van der Waals surface area (Å²) in [5.74, 6) is 0.747. The van der Waals surface area contributed by atoms with Gasteiger partial charge in [0.2, 0.25) is 5.82 Å². The predicted octanol–water partition coefficient (Wildman–Crippen LogP) is 4.11. The summed E-state index contributed by atoms with van der Waals surface area (Å²) in [6.45, 7) is 0. The molecule has 0 bridgehead atoms. The van der Waals surface area contributed by atoms with Crippen molar-refractivity contribution in [2.45, 2.75) is 0 Å². The number of anilines is 1. The molecule has 4 rings (SSSR count). The molecule has 7 heteroatoms. The van der Waals surface area contributed by atoms with Crippen LogP contribution in [0.4, 0.5) is 5.69 Å². The van der Waals surface area contributed by atoms with Crippen LogP contribution in [0.25, 0.3) is 22.2 Å². The molecule has 0 aliphatic heterocycles. The number of carbonyl (C=O) groups excluding carboxylic acids is 1. The van der Waals surface area contributed by atoms with Gasteiger partial charge in [-0.05, 0) is 47.8 Å². The van der Waals surface area contributed by atoms with Gasteiger partial charge in [-0.2, -0.15) is 4.98 Å². The van der Waals surface area contributed by atoms with Gasteiger partial charge in [0, 0.05) is 17.4 Å². The SMILES string of the molecule is O=C(Nc1ccc(-c2noc(-c3cccs3)n2)cc1)c1ccccn1. The standard InChI is InChI=1S/C18H12N4O2S/c23-17(14-4-1-2-10-19-14)20-13-8-6-12(7-9-13)16-21-18(24-22-16)15-5-3-11-25-15/h1-11H,(H,20,23). The van der Waals surface area contributed by atoms with Crippen molar-refractivity contribution in [2.24, 2.45) is 0 Å². The summed E-state index contributed by atoms with van der Waals surface area (Å²) in [5.41, 5.74) is 1.84. The van der Waals surface area contributed by atoms with Crippen LogP contribution in [0.2, 0.25) is 0 Å². The molecule has 0 atom stereocenters. The highest BCUT2D eigenvalue weighted by Crippen LogP contribution is 2.26. The Morgan fingerprint density at radius 3 is 2.64 bits per heavy atom. The zero-order chi connectivity index (χ0) is 17.1. The van der Waals surface area contributed by atoms with E-state index in [-0.39, 0.29) is 5.91 Å². The van der Waals surface area contributed by atoms with Gasteiger partial charge in [0.1, 0.15) is 5.69 Å². The van der Waals surface area contributed by atoms with Crippen LogP contribution in [-0.4, -0.2) is 21.0 Å². The van der Waals surface area contributed by atoms with Crippen molar-refractivity contribution in [1.82, 2.24) is 15.1 Å². The van der Waals surface area contributed by atoms with Gasteiger partial charge in [-0.15, -0.1) is 11.3 Å². The van der Waals surface area contributed by atoms with E-state index < -0.39 is 0 Å². The van der Waals surface area contributed by atoms with Gasteiger partial charge in [-0.25, -0.2) is 0 Å². The fourth-order valence-corrected chi connectivity index (χ4v) is 2.88. The van der Waals surface area contributed by atoms with Crippen LogP contribution in [0.5, 0.6) is 0 Å². The quantitative estimate of drug-likeness (QED) is 0.600. The fraction of sp³-hybridized carbons (Fsp3) is 0. The zero-order valence-electron chi connectivity index (χ0n) is 12.9. The molecule has 0 aliphatic carbocycles. The lowest BCUT2D eigenvalue weighted by Gasteiger charge is -2.04. The van der Waals surface area contributed by atoms with Crippen molar-refractivity contribution in [2.75, 3.05) is 5.32 Å². The van der Waals surface area contributed by atoms with E-state index in [1.807, 2.05) is 29.6 Å². The Hall–Kier alpha value is -3.32. The van der Waals surface area contributed by atoms with Crippen LogP contribution in [0.1, 0.15) is 10.5 Å². The van der Waals surface area contributed by atoms with E-state index in [0.29, 0.717) is 23.1 Å². The Morgan fingerprint density at radius 2 is 1.92 bits per heavy atom. The third kappa shape index (κ3) is 3.31. The van der Waals surface area contributed by atoms with Gasteiger partial charge in [0.05, 0.1) is 4.88 Å². The molecule has 0 fully saturated rings. The highest BCUT2D eigenvalue weighted by atomic mass is 32.1. The Kier molecular flexibility index (Phi) is 4.05. The molecule has 0 saturated heterocycles. The number of benzene rings is 1. The monoisotopic (exact) mass is 348 g/mol. The summed E-state index contributed by atoms with van der Waals surface area (Å²) in [6, 6.07) is 16.3. The molecule has 6 nitrogen and oxygen atoms in total. The average Bonchev–Trinajstić information content (AvgIpc) is 3.35. The van der Waals surface area contributed by atoms with E-state index in [1.54, 1.807) is 47.9 Å². The molecule has 0 aliphatic rings. The maximum absolute atomic E-state index is 12.1. The molecule has 0 radical (unpaired) electrons. The minimum absolute atomic E-state index is 0.257. The maximum Gasteiger partial charge on any atom is 0.274 e. The van der Waals surface area contributed by atoms with Crippen LogP contribution >= 0.6 is 11.3 Å². The molecule has 3 heterocycles. The predicted molar refractivity (Wildman–Crippen MR) is 95.2 cm³/mol. The first-order valence-electron chi connectivity index (χ1n) is 7.50. The summed E-state index contributed by atoms with van der Waals surface area (Å²) in [7, 11) is 0. The largest absolute Gasteiger partial charge is 0.333 e. The van der Waals surface area contributed by atoms with Crippen molar-refractivity contribution in [3.8, 4) is 22.2 Å². The summed E-state index contributed by atoms with van der Waals surface area (Å²) < 4.78 is 5.29. The van der Waals surface area contributed by atoms with E-state index in [4.69, 9.17) is 4.52 Å². The highest BCUT2D eigenvalue weighted by Gasteiger charge is 2.12. The third-order valence-corrected chi connectivity index (χ3v) is 4.31. The number of thiophene rings is 1. The van der Waals surface area contributed by atoms with Crippen molar-refractivity contribution < 1.29 is 9.32 Å². The second-order valence-corrected chi connectivity index (χ2v) is 6.09. The Bertz CT molecular complexity index is 980. The third-order valence-electron chi connectivity index (χ3n) is 3.46. The summed E-state index contributed by atoms with van der Waals surface area (Å²) in [4.78, 5) is 21.4. The number of hydrogen-bond acceptors (Lipinski definition) is 6. The highest BCUT2D eigenvalue weighted by molar-refractivity contribution is 7.13. The Morgan fingerprint density at radius 1 is 1.04 bits per heavy atom. The van der Waals surface area contributed by atoms with Crippen LogP contribution in [0.15, 0.2) is 70.7 Å². The number of aromatic nitrogens is 3. The maximum atomic E-state index is 12.1. The van der Waals surface area contributed by atoms with Crippen LogP contribution in [0, 0.1) is 0 Å². The molecule has 25 heavy (non-hydrogen) atoms. The van der Waals surface area contributed by atoms with Crippen LogP contribution in [0.3, 0.4) is 0 Å². The van der Waals surface area contributed by atoms with Crippen molar-refractivity contribution in [1.29, 1.82) is 0 Å². The topological polar surface area (TPSA) is 80.9 Å². The molecule has 1 aromatic carbocycles. The molecule has 1 amide bonds. The molecule has 0 unspecified atom stereocenters. The van der Waals surface area contributed by atoms with Crippen molar-refractivity contribution in [3.63, 3.8) is 0 Å². The van der Waals surface area contributed by atoms with Crippen molar-refractivity contribution >= 4 is 22.9 Å². The molecule has 3 aromatic heterocycles. The van der Waals surface area contributed by atoms with Crippen molar-refractivity contribution in [3.05, 3.63) is 71.9 Å². The van der Waals surface area contributed by atoms with Gasteiger partial charge in [-0.1, -0.05) is 17.3 Å². The first kappa shape index (κ1) is 15.2. The second kappa shape index (κ2) is 6.66. The summed E-state index contributed by atoms with van der Waals surface area (Å²) in [6.07, 6.45) is 1.58. The Balaban J connectivity index is 1.50. The average molecular weight is 348 g/mol. The van der Waals surface area contributed by atoms with Crippen LogP contribution in [-0.2, 0) is 0 Å². The number of nitrogens with zero attached hydrogens (tertiary/aromatic N) is 3. The number of rotatable bonds is 4. The molecule has 0 saturated carbocycles. The lowest BCUT2D eigenvalue weighted by Crippen LogP contribution is -2.13. The summed E-state index contributed by atoms with van der Waals surface area (Å²) in [5, 5.41) is 8.76. The lowest BCUT2D eigenvalue weighted by atomic mass is 10.2. The molecular formula is C18H12N4O2S. The number of amides is 1. The van der Waals surface area contributed by atoms with Gasteiger partial charge in [-0.3, -0.25) is 9.78 Å². The van der Waals surface area contributed by atoms with E-state index in [9.17, 15) is 4.79 Å². The number of nitrogens with one attached hydrogen (secondary N) is 1. The van der Waals surface area contributed by atoms with E-state index in [2.05, 4.69) is 20.4 Å². The molecule has 4 aromatic rings. The molecule has 1 N–H and O–H groups in total. The van der Waals surface area contributed by atoms with E-state index >= 15 is 0 Å². The van der Waals surface area contributed by atoms with Crippen LogP contribution < -0.4 is 5.32 Å². The molecular weight excluding hydrogens is 336 g/mol. The second-order valence-electron chi connectivity index (χ2n) is 5.15. The molecule has 0 spiro atoms. The Labute approximate surface area is 147 Å². The number of hydrogen-bond donors (Lipinski definition) is 1. The zero-order valence-corrected chi connectivity index (χ0v) is 13.7. The normalized spacial score (nSPS) is 10.6. The minimum Gasteiger partial charge on any atom is -0.333 e. The lowest BCUT2D eigenvalue weighted by molar-refractivity contribution is 0.102. The van der Waals surface area contributed by atoms with Gasteiger partial charge in [0.15, 0.2) is 0 Å². The number of carbonyl (C=O) groups is 1. The fourth-order valence-electron chi connectivity index (χ4n) is 2.24. The first-order chi connectivity index (χ1) is 12.3. The van der Waals surface area contributed by atoms with Gasteiger partial charge >= 0.3 is 0 Å². The van der Waals surface area contributed by atoms with Gasteiger partial charge in [0.25, 0.3) is 11.8 Å².